The van der Waals surface area contributed by atoms with E-state index in [0.717, 1.165) is 17.6 Å². The normalized spacial score (nSPS) is 19.7. The molecule has 35 heavy (non-hydrogen) atoms. The number of rotatable bonds is 6. The van der Waals surface area contributed by atoms with Crippen molar-refractivity contribution in [2.24, 2.45) is 0 Å². The third-order valence-corrected chi connectivity index (χ3v) is 6.09. The molecule has 2 amide bonds. The first-order chi connectivity index (χ1) is 16.8. The summed E-state index contributed by atoms with van der Waals surface area (Å²) in [5, 5.41) is 10.9. The molecule has 2 aliphatic heterocycles. The van der Waals surface area contributed by atoms with Crippen LogP contribution in [0.3, 0.4) is 0 Å². The summed E-state index contributed by atoms with van der Waals surface area (Å²) in [5.41, 5.74) is -2.02. The predicted molar refractivity (Wildman–Crippen MR) is 125 cm³/mol. The van der Waals surface area contributed by atoms with Gasteiger partial charge in [-0.2, -0.15) is 0 Å². The molecule has 0 aliphatic carbocycles. The number of amides is 2. The number of para-hydroxylation sites is 1. The Kier molecular flexibility index (Phi) is 6.17. The van der Waals surface area contributed by atoms with Crippen LogP contribution in [0.15, 0.2) is 83.3 Å². The van der Waals surface area contributed by atoms with Gasteiger partial charge in [0.25, 0.3) is 11.8 Å². The molecule has 1 N–H and O–H groups in total. The van der Waals surface area contributed by atoms with E-state index in [1.54, 1.807) is 68.4 Å². The van der Waals surface area contributed by atoms with Crippen molar-refractivity contribution in [2.45, 2.75) is 25.9 Å². The first kappa shape index (κ1) is 23.7. The van der Waals surface area contributed by atoms with E-state index >= 15 is 0 Å². The van der Waals surface area contributed by atoms with Gasteiger partial charge in [-0.1, -0.05) is 48.5 Å². The van der Waals surface area contributed by atoms with Crippen molar-refractivity contribution in [1.29, 1.82) is 0 Å². The zero-order valence-electron chi connectivity index (χ0n) is 19.5. The predicted octanol–water partition coefficient (Wildman–Crippen LogP) is 2.64. The summed E-state index contributed by atoms with van der Waals surface area (Å²) in [6.07, 6.45) is 0. The van der Waals surface area contributed by atoms with Gasteiger partial charge in [-0.15, -0.1) is 0 Å². The van der Waals surface area contributed by atoms with Gasteiger partial charge in [-0.3, -0.25) is 14.5 Å². The number of methoxy groups -OCH3 is 1. The molecule has 1 unspecified atom stereocenters. The van der Waals surface area contributed by atoms with Gasteiger partial charge in [0.05, 0.1) is 25.8 Å². The third kappa shape index (κ3) is 3.47. The van der Waals surface area contributed by atoms with Crippen LogP contribution >= 0.6 is 0 Å². The summed E-state index contributed by atoms with van der Waals surface area (Å²) in [6.45, 7) is 3.19. The lowest BCUT2D eigenvalue weighted by atomic mass is 9.82. The van der Waals surface area contributed by atoms with E-state index in [2.05, 4.69) is 0 Å². The van der Waals surface area contributed by atoms with Crippen molar-refractivity contribution in [2.75, 3.05) is 18.6 Å². The standard InChI is InChI=1S/C26H24N2O7/c1-4-35-24(32)19-16(2)27(15-17-11-7-5-8-12-17)25(33)26(19)20(23(31)34-3)21(29)22(30)28(26)18-13-9-6-10-14-18/h5-14,29H,4,15H2,1-3H3. The second kappa shape index (κ2) is 9.09. The molecular formula is C26H24N2O7. The van der Waals surface area contributed by atoms with Crippen LogP contribution in [0.2, 0.25) is 0 Å². The Balaban J connectivity index is 2.03. The molecule has 1 spiro atoms. The summed E-state index contributed by atoms with van der Waals surface area (Å²) in [5.74, 6) is -4.74. The fraction of sp³-hybridized carbons (Fsp3) is 0.231. The summed E-state index contributed by atoms with van der Waals surface area (Å²) in [6, 6.07) is 17.1. The van der Waals surface area contributed by atoms with Crippen LogP contribution < -0.4 is 4.90 Å². The second-order valence-electron chi connectivity index (χ2n) is 7.96. The summed E-state index contributed by atoms with van der Waals surface area (Å²) in [7, 11) is 1.06. The molecule has 2 aliphatic rings. The van der Waals surface area contributed by atoms with E-state index in [-0.39, 0.29) is 30.1 Å². The van der Waals surface area contributed by atoms with E-state index in [0.29, 0.717) is 0 Å². The van der Waals surface area contributed by atoms with E-state index < -0.39 is 40.6 Å². The van der Waals surface area contributed by atoms with E-state index in [1.807, 2.05) is 6.07 Å². The molecule has 0 saturated carbocycles. The molecule has 0 saturated heterocycles. The number of benzene rings is 2. The molecule has 2 aromatic rings. The highest BCUT2D eigenvalue weighted by Gasteiger charge is 2.69. The zero-order valence-corrected chi connectivity index (χ0v) is 19.5. The van der Waals surface area contributed by atoms with Crippen LogP contribution in [0, 0.1) is 0 Å². The number of nitrogens with zero attached hydrogens (tertiary/aromatic N) is 2. The van der Waals surface area contributed by atoms with Crippen LogP contribution in [-0.2, 0) is 35.2 Å². The minimum Gasteiger partial charge on any atom is -0.503 e. The number of aliphatic hydroxyl groups excluding tert-OH is 1. The SMILES string of the molecule is CCOC(=O)C1=C(C)N(Cc2ccccc2)C(=O)C12C(C(=O)OC)=C(O)C(=O)N2c1ccccc1. The largest absolute Gasteiger partial charge is 0.503 e. The summed E-state index contributed by atoms with van der Waals surface area (Å²) < 4.78 is 10.1. The van der Waals surface area contributed by atoms with Crippen molar-refractivity contribution in [3.05, 3.63) is 88.8 Å². The van der Waals surface area contributed by atoms with Gasteiger partial charge in [-0.25, -0.2) is 9.59 Å². The lowest BCUT2D eigenvalue weighted by molar-refractivity contribution is -0.142. The van der Waals surface area contributed by atoms with Gasteiger partial charge < -0.3 is 19.5 Å². The van der Waals surface area contributed by atoms with Crippen molar-refractivity contribution in [3.63, 3.8) is 0 Å². The molecule has 0 radical (unpaired) electrons. The zero-order chi connectivity index (χ0) is 25.3. The Hall–Kier alpha value is -4.40. The number of carbonyl (C=O) groups is 4. The molecular weight excluding hydrogens is 452 g/mol. The van der Waals surface area contributed by atoms with E-state index in [4.69, 9.17) is 9.47 Å². The molecule has 0 aromatic heterocycles. The topological polar surface area (TPSA) is 113 Å². The quantitative estimate of drug-likeness (QED) is 0.638. The Morgan fingerprint density at radius 3 is 2.11 bits per heavy atom. The lowest BCUT2D eigenvalue weighted by Gasteiger charge is -2.36. The molecule has 4 rings (SSSR count). The number of hydrogen-bond donors (Lipinski definition) is 1. The summed E-state index contributed by atoms with van der Waals surface area (Å²) >= 11 is 0. The van der Waals surface area contributed by atoms with E-state index in [9.17, 15) is 24.3 Å². The maximum absolute atomic E-state index is 14.3. The fourth-order valence-electron chi connectivity index (χ4n) is 4.63. The van der Waals surface area contributed by atoms with Gasteiger partial charge >= 0.3 is 11.9 Å². The van der Waals surface area contributed by atoms with Crippen molar-refractivity contribution in [1.82, 2.24) is 4.90 Å². The fourth-order valence-corrected chi connectivity index (χ4v) is 4.63. The number of anilines is 1. The average Bonchev–Trinajstić information content (AvgIpc) is 3.22. The summed E-state index contributed by atoms with van der Waals surface area (Å²) in [4.78, 5) is 56.3. The molecule has 180 valence electrons. The average molecular weight is 476 g/mol. The van der Waals surface area contributed by atoms with E-state index in [1.165, 1.54) is 4.90 Å². The van der Waals surface area contributed by atoms with Crippen LogP contribution in [0.1, 0.15) is 19.4 Å². The van der Waals surface area contributed by atoms with Gasteiger partial charge in [0.2, 0.25) is 0 Å². The number of ether oxygens (including phenoxy) is 2. The smallest absolute Gasteiger partial charge is 0.341 e. The molecule has 2 aromatic carbocycles. The number of allylic oxidation sites excluding steroid dienone is 1. The first-order valence-corrected chi connectivity index (χ1v) is 11.0. The highest BCUT2D eigenvalue weighted by atomic mass is 16.5. The molecule has 0 bridgehead atoms. The third-order valence-electron chi connectivity index (χ3n) is 6.09. The highest BCUT2D eigenvalue weighted by Crippen LogP contribution is 2.50. The van der Waals surface area contributed by atoms with Crippen molar-refractivity contribution in [3.8, 4) is 0 Å². The van der Waals surface area contributed by atoms with Gasteiger partial charge in [0.15, 0.2) is 11.3 Å². The first-order valence-electron chi connectivity index (χ1n) is 11.0. The Bertz CT molecular complexity index is 1270. The van der Waals surface area contributed by atoms with Gasteiger partial charge in [0.1, 0.15) is 5.57 Å². The Morgan fingerprint density at radius 2 is 1.54 bits per heavy atom. The molecule has 9 nitrogen and oxygen atoms in total. The molecule has 1 atom stereocenters. The monoisotopic (exact) mass is 476 g/mol. The number of carbonyl (C=O) groups excluding carboxylic acids is 4. The van der Waals surface area contributed by atoms with Gasteiger partial charge in [0, 0.05) is 11.4 Å². The molecule has 9 heteroatoms. The maximum Gasteiger partial charge on any atom is 0.341 e. The van der Waals surface area contributed by atoms with Crippen molar-refractivity contribution < 1.29 is 33.8 Å². The number of hydrogen-bond acceptors (Lipinski definition) is 7. The van der Waals surface area contributed by atoms with Gasteiger partial charge in [-0.05, 0) is 31.5 Å². The maximum atomic E-state index is 14.3. The Labute approximate surface area is 201 Å². The number of aliphatic hydroxyl groups is 1. The van der Waals surface area contributed by atoms with Crippen LogP contribution in [0.25, 0.3) is 0 Å². The molecule has 0 fully saturated rings. The molecule has 2 heterocycles. The van der Waals surface area contributed by atoms with Crippen molar-refractivity contribution >= 4 is 29.4 Å². The minimum atomic E-state index is -2.30. The van der Waals surface area contributed by atoms with Crippen LogP contribution in [0.5, 0.6) is 0 Å². The lowest BCUT2D eigenvalue weighted by Crippen LogP contribution is -2.59. The van der Waals surface area contributed by atoms with Crippen LogP contribution in [-0.4, -0.2) is 53.0 Å². The highest BCUT2D eigenvalue weighted by molar-refractivity contribution is 6.29. The Morgan fingerprint density at radius 1 is 0.943 bits per heavy atom. The minimum absolute atomic E-state index is 0.0128. The number of esters is 2. The second-order valence-corrected chi connectivity index (χ2v) is 7.96. The van der Waals surface area contributed by atoms with Crippen LogP contribution in [0.4, 0.5) is 5.69 Å².